The van der Waals surface area contributed by atoms with Gasteiger partial charge in [-0.15, -0.1) is 0 Å². The van der Waals surface area contributed by atoms with Gasteiger partial charge in [-0.25, -0.2) is 13.6 Å². The van der Waals surface area contributed by atoms with Gasteiger partial charge in [-0.3, -0.25) is 0 Å². The summed E-state index contributed by atoms with van der Waals surface area (Å²) >= 11 is 0. The maximum Gasteiger partial charge on any atom is 0.496 e. The third kappa shape index (κ3) is 2.13. The number of hydrogen-bond acceptors (Lipinski definition) is 2. The molecule has 0 N–H and O–H groups in total. The van der Waals surface area contributed by atoms with Gasteiger partial charge in [0.25, 0.3) is 5.69 Å². The van der Waals surface area contributed by atoms with Gasteiger partial charge < -0.3 is 9.31 Å². The van der Waals surface area contributed by atoms with Gasteiger partial charge >= 0.3 is 7.12 Å². The fourth-order valence-corrected chi connectivity index (χ4v) is 1.81. The van der Waals surface area contributed by atoms with E-state index in [-0.39, 0.29) is 5.46 Å². The Labute approximate surface area is 111 Å². The number of rotatable bonds is 1. The van der Waals surface area contributed by atoms with Crippen LogP contribution in [0.3, 0.4) is 0 Å². The summed E-state index contributed by atoms with van der Waals surface area (Å²) in [5, 5.41) is 0. The van der Waals surface area contributed by atoms with Crippen molar-refractivity contribution in [3.8, 4) is 0 Å². The normalized spacial score (nSPS) is 20.4. The van der Waals surface area contributed by atoms with E-state index in [4.69, 9.17) is 15.9 Å². The summed E-state index contributed by atoms with van der Waals surface area (Å²) in [6, 6.07) is 2.30. The van der Waals surface area contributed by atoms with Crippen molar-refractivity contribution in [2.45, 2.75) is 38.9 Å². The minimum absolute atomic E-state index is 0.0473. The molecule has 0 unspecified atom stereocenters. The van der Waals surface area contributed by atoms with Crippen LogP contribution in [0.2, 0.25) is 0 Å². The molecule has 19 heavy (non-hydrogen) atoms. The van der Waals surface area contributed by atoms with E-state index in [0.717, 1.165) is 6.07 Å². The van der Waals surface area contributed by atoms with Gasteiger partial charge in [-0.1, -0.05) is 6.07 Å². The Balaban J connectivity index is 2.44. The maximum absolute atomic E-state index is 14.1. The monoisotopic (exact) mass is 265 g/mol. The van der Waals surface area contributed by atoms with Crippen LogP contribution in [-0.4, -0.2) is 18.3 Å². The van der Waals surface area contributed by atoms with E-state index in [0.29, 0.717) is 0 Å². The molecule has 0 bridgehead atoms. The Bertz CT molecular complexity index is 550. The Hall–Kier alpha value is -1.45. The predicted molar refractivity (Wildman–Crippen MR) is 68.3 cm³/mol. The zero-order chi connectivity index (χ0) is 14.4. The number of nitrogens with zero attached hydrogens (tertiary/aromatic N) is 1. The second-order valence-corrected chi connectivity index (χ2v) is 5.50. The molecule has 0 saturated carbocycles. The van der Waals surface area contributed by atoms with Crippen molar-refractivity contribution in [3.05, 3.63) is 35.2 Å². The molecule has 0 atom stereocenters. The van der Waals surface area contributed by atoms with Gasteiger partial charge in [0.1, 0.15) is 11.6 Å². The van der Waals surface area contributed by atoms with E-state index >= 15 is 0 Å². The van der Waals surface area contributed by atoms with Crippen molar-refractivity contribution < 1.29 is 18.1 Å². The average molecular weight is 265 g/mol. The van der Waals surface area contributed by atoms with Crippen molar-refractivity contribution in [1.82, 2.24) is 0 Å². The third-order valence-electron chi connectivity index (χ3n) is 3.72. The van der Waals surface area contributed by atoms with Crippen molar-refractivity contribution in [2.75, 3.05) is 0 Å². The third-order valence-corrected chi connectivity index (χ3v) is 3.72. The van der Waals surface area contributed by atoms with Crippen molar-refractivity contribution >= 4 is 18.3 Å². The van der Waals surface area contributed by atoms with Gasteiger partial charge in [0.2, 0.25) is 0 Å². The second kappa shape index (κ2) is 4.29. The van der Waals surface area contributed by atoms with Crippen LogP contribution in [0.15, 0.2) is 12.1 Å². The maximum atomic E-state index is 14.1. The van der Waals surface area contributed by atoms with Crippen molar-refractivity contribution in [1.29, 1.82) is 0 Å². The quantitative estimate of drug-likeness (QED) is 0.575. The van der Waals surface area contributed by atoms with Crippen LogP contribution in [0.4, 0.5) is 14.5 Å². The molecule has 1 aliphatic heterocycles. The van der Waals surface area contributed by atoms with E-state index in [2.05, 4.69) is 4.85 Å². The molecule has 0 aliphatic carbocycles. The molecule has 0 amide bonds. The Morgan fingerprint density at radius 1 is 1.11 bits per heavy atom. The summed E-state index contributed by atoms with van der Waals surface area (Å²) < 4.78 is 38.7. The molecule has 1 aliphatic rings. The smallest absolute Gasteiger partial charge is 0.399 e. The lowest BCUT2D eigenvalue weighted by molar-refractivity contribution is 0.00578. The van der Waals surface area contributed by atoms with Gasteiger partial charge in [0.05, 0.1) is 17.8 Å². The van der Waals surface area contributed by atoms with Crippen LogP contribution < -0.4 is 5.46 Å². The number of hydrogen-bond donors (Lipinski definition) is 0. The summed E-state index contributed by atoms with van der Waals surface area (Å²) in [7, 11) is -0.939. The zero-order valence-electron chi connectivity index (χ0n) is 11.3. The van der Waals surface area contributed by atoms with Gasteiger partial charge in [-0.2, -0.15) is 0 Å². The Kier molecular flexibility index (Phi) is 3.16. The first-order chi connectivity index (χ1) is 8.69. The Morgan fingerprint density at radius 2 is 1.63 bits per heavy atom. The number of halogens is 2. The molecule has 0 radical (unpaired) electrons. The molecule has 1 heterocycles. The van der Waals surface area contributed by atoms with E-state index in [9.17, 15) is 8.78 Å². The second-order valence-electron chi connectivity index (χ2n) is 5.50. The average Bonchev–Trinajstić information content (AvgIpc) is 2.48. The molecule has 100 valence electrons. The van der Waals surface area contributed by atoms with Crippen LogP contribution in [0.1, 0.15) is 27.7 Å². The first kappa shape index (κ1) is 14.0. The molecule has 0 spiro atoms. The van der Waals surface area contributed by atoms with E-state index in [1.165, 1.54) is 6.07 Å². The zero-order valence-corrected chi connectivity index (χ0v) is 11.3. The van der Waals surface area contributed by atoms with Crippen LogP contribution in [-0.2, 0) is 9.31 Å². The molecule has 2 rings (SSSR count). The standard InChI is InChI=1S/C13H14BF2NO2/c1-12(2)13(3,4)19-14(18-12)8-6-7-9(15)11(17-5)10(8)16/h6-7H,1-4H3. The fraction of sp³-hybridized carbons (Fsp3) is 0.462. The van der Waals surface area contributed by atoms with Crippen molar-refractivity contribution in [3.63, 3.8) is 0 Å². The summed E-state index contributed by atoms with van der Waals surface area (Å²) in [5.41, 5.74) is -1.81. The van der Waals surface area contributed by atoms with E-state index in [1.54, 1.807) is 0 Å². The van der Waals surface area contributed by atoms with Crippen LogP contribution in [0, 0.1) is 18.2 Å². The molecule has 1 fully saturated rings. The minimum atomic E-state index is -0.939. The Morgan fingerprint density at radius 3 is 2.11 bits per heavy atom. The highest BCUT2D eigenvalue weighted by Gasteiger charge is 2.52. The highest BCUT2D eigenvalue weighted by molar-refractivity contribution is 6.62. The molecule has 1 aromatic carbocycles. The molecular formula is C13H14BF2NO2. The first-order valence-corrected chi connectivity index (χ1v) is 5.90. The summed E-state index contributed by atoms with van der Waals surface area (Å²) in [6.07, 6.45) is 0. The predicted octanol–water partition coefficient (Wildman–Crippen LogP) is 2.81. The lowest BCUT2D eigenvalue weighted by Crippen LogP contribution is -2.41. The van der Waals surface area contributed by atoms with Crippen LogP contribution in [0.5, 0.6) is 0 Å². The lowest BCUT2D eigenvalue weighted by Gasteiger charge is -2.32. The fourth-order valence-electron chi connectivity index (χ4n) is 1.81. The largest absolute Gasteiger partial charge is 0.496 e. The summed E-state index contributed by atoms with van der Waals surface area (Å²) in [5.74, 6) is -1.80. The van der Waals surface area contributed by atoms with E-state index in [1.807, 2.05) is 27.7 Å². The lowest BCUT2D eigenvalue weighted by atomic mass is 9.78. The van der Waals surface area contributed by atoms with Crippen LogP contribution >= 0.6 is 0 Å². The molecule has 1 aromatic rings. The topological polar surface area (TPSA) is 22.8 Å². The van der Waals surface area contributed by atoms with Gasteiger partial charge in [0.15, 0.2) is 0 Å². The molecule has 3 nitrogen and oxygen atoms in total. The minimum Gasteiger partial charge on any atom is -0.399 e. The van der Waals surface area contributed by atoms with Gasteiger partial charge in [0, 0.05) is 5.46 Å². The highest BCUT2D eigenvalue weighted by atomic mass is 19.1. The molecular weight excluding hydrogens is 251 g/mol. The SMILES string of the molecule is [C-]#[N+]c1c(F)ccc(B2OC(C)(C)C(C)(C)O2)c1F. The molecule has 1 saturated heterocycles. The van der Waals surface area contributed by atoms with Gasteiger partial charge in [-0.05, 0) is 33.8 Å². The summed E-state index contributed by atoms with van der Waals surface area (Å²) in [6.45, 7) is 14.2. The molecule has 6 heteroatoms. The molecule has 0 aromatic heterocycles. The number of benzene rings is 1. The summed E-state index contributed by atoms with van der Waals surface area (Å²) in [4.78, 5) is 2.86. The van der Waals surface area contributed by atoms with Crippen LogP contribution in [0.25, 0.3) is 4.85 Å². The van der Waals surface area contributed by atoms with E-state index < -0.39 is 35.6 Å². The van der Waals surface area contributed by atoms with Crippen molar-refractivity contribution in [2.24, 2.45) is 0 Å². The highest BCUT2D eigenvalue weighted by Crippen LogP contribution is 2.37. The first-order valence-electron chi connectivity index (χ1n) is 5.90.